The minimum atomic E-state index is -1.49. The number of amides is 1. The van der Waals surface area contributed by atoms with Gasteiger partial charge in [0.1, 0.15) is 5.65 Å². The summed E-state index contributed by atoms with van der Waals surface area (Å²) in [7, 11) is 1.70. The predicted molar refractivity (Wildman–Crippen MR) is 114 cm³/mol. The van der Waals surface area contributed by atoms with Gasteiger partial charge in [0.2, 0.25) is 0 Å². The van der Waals surface area contributed by atoms with Gasteiger partial charge in [0.25, 0.3) is 5.91 Å². The van der Waals surface area contributed by atoms with E-state index in [1.54, 1.807) is 36.4 Å². The normalized spacial score (nSPS) is 19.7. The molecule has 0 N–H and O–H groups in total. The van der Waals surface area contributed by atoms with E-state index in [1.807, 2.05) is 15.4 Å². The third-order valence-corrected chi connectivity index (χ3v) is 6.80. The van der Waals surface area contributed by atoms with Gasteiger partial charge in [-0.2, -0.15) is 5.10 Å². The molecule has 2 bridgehead atoms. The largest absolute Gasteiger partial charge is 0.327 e. The molecule has 1 saturated heterocycles. The summed E-state index contributed by atoms with van der Waals surface area (Å²) >= 11 is 0. The standard InChI is InChI=1S/C24H20F3N5O/c1-30-23(14-9-17(25)21(27)18(26)10-14)16-11-15-3-2-4-19(22(16)29-30)32(15)24(33)13-5-6-20-28-7-8-31(20)12-13/h5-10,12,15,19H,2-4,11H2,1H3. The maximum absolute atomic E-state index is 14.0. The fraction of sp³-hybridized carbons (Fsp3) is 0.292. The number of aromatic nitrogens is 4. The molecule has 0 spiro atoms. The number of hydrogen-bond acceptors (Lipinski definition) is 3. The smallest absolute Gasteiger partial charge is 0.256 e. The van der Waals surface area contributed by atoms with Crippen LogP contribution in [0.3, 0.4) is 0 Å². The molecule has 6 nitrogen and oxygen atoms in total. The number of imidazole rings is 1. The van der Waals surface area contributed by atoms with E-state index in [1.165, 1.54) is 0 Å². The molecule has 2 atom stereocenters. The predicted octanol–water partition coefficient (Wildman–Crippen LogP) is 4.44. The molecule has 0 saturated carbocycles. The van der Waals surface area contributed by atoms with Crippen LogP contribution in [0.15, 0.2) is 42.9 Å². The van der Waals surface area contributed by atoms with Crippen LogP contribution in [0.4, 0.5) is 13.2 Å². The lowest BCUT2D eigenvalue weighted by molar-refractivity contribution is 0.0391. The van der Waals surface area contributed by atoms with E-state index < -0.39 is 17.5 Å². The van der Waals surface area contributed by atoms with Crippen LogP contribution in [-0.2, 0) is 13.5 Å². The highest BCUT2D eigenvalue weighted by molar-refractivity contribution is 5.95. The van der Waals surface area contributed by atoms with Crippen LogP contribution in [0.2, 0.25) is 0 Å². The summed E-state index contributed by atoms with van der Waals surface area (Å²) < 4.78 is 44.9. The minimum Gasteiger partial charge on any atom is -0.327 e. The number of halogens is 3. The Morgan fingerprint density at radius 3 is 2.70 bits per heavy atom. The lowest BCUT2D eigenvalue weighted by Crippen LogP contribution is -2.49. The first-order valence-electron chi connectivity index (χ1n) is 10.9. The van der Waals surface area contributed by atoms with E-state index in [0.717, 1.165) is 48.3 Å². The monoisotopic (exact) mass is 451 g/mol. The van der Waals surface area contributed by atoms with Gasteiger partial charge in [0, 0.05) is 42.8 Å². The van der Waals surface area contributed by atoms with Crippen LogP contribution in [0.25, 0.3) is 16.9 Å². The van der Waals surface area contributed by atoms with Crippen molar-refractivity contribution in [1.29, 1.82) is 0 Å². The molecule has 9 heteroatoms. The van der Waals surface area contributed by atoms with Gasteiger partial charge in [-0.15, -0.1) is 0 Å². The van der Waals surface area contributed by atoms with Crippen LogP contribution < -0.4 is 0 Å². The first-order chi connectivity index (χ1) is 15.9. The van der Waals surface area contributed by atoms with Crippen molar-refractivity contribution < 1.29 is 18.0 Å². The van der Waals surface area contributed by atoms with Crippen molar-refractivity contribution in [3.05, 3.63) is 77.1 Å². The molecule has 1 aromatic carbocycles. The summed E-state index contributed by atoms with van der Waals surface area (Å²) in [6, 6.07) is 5.32. The molecule has 2 aliphatic heterocycles. The molecule has 0 radical (unpaired) electrons. The number of pyridine rings is 1. The number of carbonyl (C=O) groups is 1. The van der Waals surface area contributed by atoms with E-state index in [0.29, 0.717) is 17.7 Å². The Morgan fingerprint density at radius 2 is 1.91 bits per heavy atom. The Morgan fingerprint density at radius 1 is 1.12 bits per heavy atom. The number of aryl methyl sites for hydroxylation is 1. The number of nitrogens with zero attached hydrogens (tertiary/aromatic N) is 5. The van der Waals surface area contributed by atoms with Crippen LogP contribution in [0.5, 0.6) is 0 Å². The molecule has 0 aliphatic carbocycles. The molecule has 1 fully saturated rings. The summed E-state index contributed by atoms with van der Waals surface area (Å²) in [4.78, 5) is 19.7. The highest BCUT2D eigenvalue weighted by Crippen LogP contribution is 2.45. The number of carbonyl (C=O) groups excluding carboxylic acids is 1. The number of piperidine rings is 1. The van der Waals surface area contributed by atoms with Gasteiger partial charge in [0.15, 0.2) is 17.5 Å². The number of hydrogen-bond donors (Lipinski definition) is 0. The molecule has 6 rings (SSSR count). The summed E-state index contributed by atoms with van der Waals surface area (Å²) in [5, 5.41) is 4.67. The van der Waals surface area contributed by atoms with Crippen molar-refractivity contribution in [2.45, 2.75) is 37.8 Å². The average Bonchev–Trinajstić information content (AvgIpc) is 3.39. The third-order valence-electron chi connectivity index (χ3n) is 6.80. The molecule has 5 heterocycles. The fourth-order valence-corrected chi connectivity index (χ4v) is 5.40. The Kier molecular flexibility index (Phi) is 4.36. The zero-order valence-electron chi connectivity index (χ0n) is 17.8. The fourth-order valence-electron chi connectivity index (χ4n) is 5.40. The highest BCUT2D eigenvalue weighted by Gasteiger charge is 2.43. The van der Waals surface area contributed by atoms with E-state index >= 15 is 0 Å². The van der Waals surface area contributed by atoms with E-state index in [-0.39, 0.29) is 23.6 Å². The van der Waals surface area contributed by atoms with Crippen LogP contribution >= 0.6 is 0 Å². The molecule has 1 amide bonds. The SMILES string of the molecule is Cn1nc2c(c1-c1cc(F)c(F)c(F)c1)CC1CCCC2N1C(=O)c1ccc2nccn2c1. The van der Waals surface area contributed by atoms with Gasteiger partial charge in [-0.05, 0) is 49.9 Å². The summed E-state index contributed by atoms with van der Waals surface area (Å²) in [6.07, 6.45) is 8.33. The molecule has 3 aromatic heterocycles. The molecular formula is C24H20F3N5O. The third kappa shape index (κ3) is 2.98. The molecule has 168 valence electrons. The van der Waals surface area contributed by atoms with Crippen molar-refractivity contribution in [3.63, 3.8) is 0 Å². The van der Waals surface area contributed by atoms with Crippen molar-refractivity contribution in [2.24, 2.45) is 7.05 Å². The van der Waals surface area contributed by atoms with E-state index in [4.69, 9.17) is 0 Å². The Labute approximate surface area is 187 Å². The topological polar surface area (TPSA) is 55.4 Å². The summed E-state index contributed by atoms with van der Waals surface area (Å²) in [5.41, 5.74) is 3.75. The molecular weight excluding hydrogens is 431 g/mol. The van der Waals surface area contributed by atoms with Crippen LogP contribution in [-0.4, -0.2) is 36.0 Å². The number of rotatable bonds is 2. The van der Waals surface area contributed by atoms with Crippen molar-refractivity contribution in [3.8, 4) is 11.3 Å². The summed E-state index contributed by atoms with van der Waals surface area (Å²) in [5.74, 6) is -4.03. The molecule has 4 aromatic rings. The van der Waals surface area contributed by atoms with Gasteiger partial charge in [0.05, 0.1) is 23.0 Å². The molecule has 33 heavy (non-hydrogen) atoms. The van der Waals surface area contributed by atoms with Crippen LogP contribution in [0.1, 0.15) is 46.9 Å². The second-order valence-electron chi connectivity index (χ2n) is 8.72. The maximum Gasteiger partial charge on any atom is 0.256 e. The number of benzene rings is 1. The van der Waals surface area contributed by atoms with Gasteiger partial charge < -0.3 is 9.30 Å². The van der Waals surface area contributed by atoms with Crippen LogP contribution in [0, 0.1) is 17.5 Å². The van der Waals surface area contributed by atoms with Crippen molar-refractivity contribution in [1.82, 2.24) is 24.1 Å². The second-order valence-corrected chi connectivity index (χ2v) is 8.72. The lowest BCUT2D eigenvalue weighted by atomic mass is 9.81. The van der Waals surface area contributed by atoms with Gasteiger partial charge in [-0.3, -0.25) is 9.48 Å². The summed E-state index contributed by atoms with van der Waals surface area (Å²) in [6.45, 7) is 0. The maximum atomic E-state index is 14.0. The van der Waals surface area contributed by atoms with Crippen molar-refractivity contribution in [2.75, 3.05) is 0 Å². The average molecular weight is 451 g/mol. The van der Waals surface area contributed by atoms with Gasteiger partial charge >= 0.3 is 0 Å². The van der Waals surface area contributed by atoms with Gasteiger partial charge in [-0.1, -0.05) is 0 Å². The zero-order chi connectivity index (χ0) is 22.9. The lowest BCUT2D eigenvalue weighted by Gasteiger charge is -2.45. The quantitative estimate of drug-likeness (QED) is 0.424. The minimum absolute atomic E-state index is 0.0553. The molecule has 2 unspecified atom stereocenters. The first-order valence-corrected chi connectivity index (χ1v) is 10.9. The van der Waals surface area contributed by atoms with E-state index in [9.17, 15) is 18.0 Å². The highest BCUT2D eigenvalue weighted by atomic mass is 19.2. The zero-order valence-corrected chi connectivity index (χ0v) is 17.8. The Hall–Kier alpha value is -3.62. The molecule has 2 aliphatic rings. The van der Waals surface area contributed by atoms with Crippen molar-refractivity contribution >= 4 is 11.6 Å². The van der Waals surface area contributed by atoms with Gasteiger partial charge in [-0.25, -0.2) is 18.2 Å². The number of fused-ring (bicyclic) bond motifs is 5. The Balaban J connectivity index is 1.43. The first kappa shape index (κ1) is 20.0. The van der Waals surface area contributed by atoms with E-state index in [2.05, 4.69) is 10.1 Å². The Bertz CT molecular complexity index is 1400. The second kappa shape index (κ2) is 7.19.